The minimum absolute atomic E-state index is 0.0300. The molecule has 0 aliphatic carbocycles. The second-order valence-electron chi connectivity index (χ2n) is 11.1. The second kappa shape index (κ2) is 15.1. The van der Waals surface area contributed by atoms with Crippen LogP contribution in [0.3, 0.4) is 0 Å². The molecule has 4 N–H and O–H groups in total. The van der Waals surface area contributed by atoms with E-state index in [4.69, 9.17) is 10.5 Å². The number of carbonyl (C=O) groups is 4. The number of benzene rings is 2. The lowest BCUT2D eigenvalue weighted by atomic mass is 9.99. The van der Waals surface area contributed by atoms with E-state index in [1.165, 1.54) is 4.90 Å². The lowest BCUT2D eigenvalue weighted by Crippen LogP contribution is -2.52. The third kappa shape index (κ3) is 10.4. The topological polar surface area (TPSA) is 131 Å². The van der Waals surface area contributed by atoms with Gasteiger partial charge in [0.1, 0.15) is 17.7 Å². The Morgan fingerprint density at radius 3 is 2.20 bits per heavy atom. The van der Waals surface area contributed by atoms with Crippen LogP contribution in [0.4, 0.5) is 10.5 Å². The molecule has 0 aliphatic heterocycles. The Morgan fingerprint density at radius 1 is 0.975 bits per heavy atom. The number of para-hydroxylation sites is 1. The summed E-state index contributed by atoms with van der Waals surface area (Å²) in [5.41, 5.74) is 7.76. The number of primary amides is 1. The van der Waals surface area contributed by atoms with Gasteiger partial charge < -0.3 is 26.0 Å². The number of ether oxygens (including phenoxy) is 1. The zero-order chi connectivity index (χ0) is 29.9. The number of aryl methyl sites for hydroxylation is 2. The van der Waals surface area contributed by atoms with E-state index in [0.29, 0.717) is 17.7 Å². The first kappa shape index (κ1) is 32.3. The molecule has 0 radical (unpaired) electrons. The van der Waals surface area contributed by atoms with Crippen LogP contribution in [0, 0.1) is 13.8 Å². The summed E-state index contributed by atoms with van der Waals surface area (Å²) in [6, 6.07) is 12.8. The SMILES string of the molecule is CCCCCN(C(=O)C(CCC(N)=O)NC(=O)OC(C)(C)C)C(C(=O)Nc1ccccc1C)c1ccc(C)cc1. The van der Waals surface area contributed by atoms with E-state index in [1.54, 1.807) is 20.8 Å². The Morgan fingerprint density at radius 2 is 1.62 bits per heavy atom. The number of rotatable bonds is 13. The summed E-state index contributed by atoms with van der Waals surface area (Å²) < 4.78 is 5.39. The number of nitrogens with two attached hydrogens (primary N) is 1. The molecule has 2 aromatic rings. The third-order valence-corrected chi connectivity index (χ3v) is 6.31. The second-order valence-corrected chi connectivity index (χ2v) is 11.1. The zero-order valence-electron chi connectivity index (χ0n) is 24.6. The van der Waals surface area contributed by atoms with Gasteiger partial charge in [-0.15, -0.1) is 0 Å². The maximum Gasteiger partial charge on any atom is 0.408 e. The van der Waals surface area contributed by atoms with E-state index in [0.717, 1.165) is 24.0 Å². The molecule has 0 spiro atoms. The molecule has 2 atom stereocenters. The first-order valence-corrected chi connectivity index (χ1v) is 13.8. The van der Waals surface area contributed by atoms with Crippen molar-refractivity contribution in [2.75, 3.05) is 11.9 Å². The van der Waals surface area contributed by atoms with Gasteiger partial charge in [-0.2, -0.15) is 0 Å². The quantitative estimate of drug-likeness (QED) is 0.296. The molecule has 40 heavy (non-hydrogen) atoms. The molecule has 0 fully saturated rings. The normalized spacial score (nSPS) is 12.7. The van der Waals surface area contributed by atoms with Crippen molar-refractivity contribution in [1.82, 2.24) is 10.2 Å². The molecule has 0 heterocycles. The van der Waals surface area contributed by atoms with Gasteiger partial charge >= 0.3 is 6.09 Å². The van der Waals surface area contributed by atoms with Gasteiger partial charge in [-0.05, 0) is 64.7 Å². The average molecular weight is 553 g/mol. The predicted molar refractivity (Wildman–Crippen MR) is 157 cm³/mol. The number of alkyl carbamates (subject to hydrolysis) is 1. The number of nitrogens with zero attached hydrogens (tertiary/aromatic N) is 1. The van der Waals surface area contributed by atoms with Crippen molar-refractivity contribution in [3.63, 3.8) is 0 Å². The number of nitrogens with one attached hydrogen (secondary N) is 2. The van der Waals surface area contributed by atoms with E-state index in [1.807, 2.05) is 69.3 Å². The molecule has 0 bridgehead atoms. The standard InChI is InChI=1S/C31H44N4O5/c1-7-8-11-20-35(29(38)25(18-19-26(32)36)34-30(39)40-31(4,5)6)27(23-16-14-21(2)15-17-23)28(37)33-24-13-10-9-12-22(24)3/h9-10,12-17,25,27H,7-8,11,18-20H2,1-6H3,(H2,32,36)(H,33,37)(H,34,39). The number of carbonyl (C=O) groups excluding carboxylic acids is 4. The van der Waals surface area contributed by atoms with E-state index < -0.39 is 35.6 Å². The molecule has 218 valence electrons. The minimum Gasteiger partial charge on any atom is -0.444 e. The van der Waals surface area contributed by atoms with E-state index in [-0.39, 0.29) is 25.3 Å². The number of amides is 4. The fourth-order valence-electron chi connectivity index (χ4n) is 4.23. The summed E-state index contributed by atoms with van der Waals surface area (Å²) >= 11 is 0. The highest BCUT2D eigenvalue weighted by atomic mass is 16.6. The Balaban J connectivity index is 2.54. The maximum atomic E-state index is 14.2. The Labute approximate surface area is 237 Å². The summed E-state index contributed by atoms with van der Waals surface area (Å²) in [6.07, 6.45) is 1.46. The molecule has 9 nitrogen and oxygen atoms in total. The van der Waals surface area contributed by atoms with E-state index >= 15 is 0 Å². The molecule has 9 heteroatoms. The minimum atomic E-state index is -1.12. The molecule has 0 saturated heterocycles. The molecule has 0 aromatic heterocycles. The van der Waals surface area contributed by atoms with Crippen molar-refractivity contribution in [2.45, 2.75) is 91.3 Å². The first-order chi connectivity index (χ1) is 18.8. The van der Waals surface area contributed by atoms with Gasteiger partial charge in [0.25, 0.3) is 5.91 Å². The van der Waals surface area contributed by atoms with Crippen molar-refractivity contribution in [2.24, 2.45) is 5.73 Å². The molecule has 0 aliphatic rings. The van der Waals surface area contributed by atoms with Gasteiger partial charge in [-0.1, -0.05) is 67.8 Å². The van der Waals surface area contributed by atoms with Crippen LogP contribution in [0.5, 0.6) is 0 Å². The van der Waals surface area contributed by atoms with Crippen LogP contribution < -0.4 is 16.4 Å². The Bertz CT molecular complexity index is 1160. The lowest BCUT2D eigenvalue weighted by molar-refractivity contribution is -0.141. The van der Waals surface area contributed by atoms with E-state index in [9.17, 15) is 19.2 Å². The highest BCUT2D eigenvalue weighted by Crippen LogP contribution is 2.27. The zero-order valence-corrected chi connectivity index (χ0v) is 24.6. The molecule has 2 aromatic carbocycles. The molecule has 2 unspecified atom stereocenters. The molecule has 4 amide bonds. The van der Waals surface area contributed by atoms with Crippen LogP contribution in [0.2, 0.25) is 0 Å². The fourth-order valence-corrected chi connectivity index (χ4v) is 4.23. The summed E-state index contributed by atoms with van der Waals surface area (Å²) in [7, 11) is 0. The van der Waals surface area contributed by atoms with Crippen LogP contribution in [0.1, 0.15) is 82.5 Å². The monoisotopic (exact) mass is 552 g/mol. The summed E-state index contributed by atoms with van der Waals surface area (Å²) in [5, 5.41) is 5.61. The van der Waals surface area contributed by atoms with Crippen LogP contribution in [0.25, 0.3) is 0 Å². The van der Waals surface area contributed by atoms with Crippen LogP contribution >= 0.6 is 0 Å². The Kier molecular flexibility index (Phi) is 12.2. The largest absolute Gasteiger partial charge is 0.444 e. The lowest BCUT2D eigenvalue weighted by Gasteiger charge is -2.34. The van der Waals surface area contributed by atoms with Gasteiger partial charge in [0.15, 0.2) is 0 Å². The van der Waals surface area contributed by atoms with Gasteiger partial charge in [-0.3, -0.25) is 14.4 Å². The van der Waals surface area contributed by atoms with Gasteiger partial charge in [0.05, 0.1) is 0 Å². The average Bonchev–Trinajstić information content (AvgIpc) is 2.86. The summed E-state index contributed by atoms with van der Waals surface area (Å²) in [5.74, 6) is -1.48. The Hall–Kier alpha value is -3.88. The summed E-state index contributed by atoms with van der Waals surface area (Å²) in [6.45, 7) is 11.3. The molecular weight excluding hydrogens is 508 g/mol. The van der Waals surface area contributed by atoms with Crippen molar-refractivity contribution in [3.05, 3.63) is 65.2 Å². The van der Waals surface area contributed by atoms with Crippen molar-refractivity contribution >= 4 is 29.5 Å². The maximum absolute atomic E-state index is 14.2. The number of unbranched alkanes of at least 4 members (excludes halogenated alkanes) is 2. The number of anilines is 1. The van der Waals surface area contributed by atoms with Gasteiger partial charge in [0.2, 0.25) is 11.8 Å². The first-order valence-electron chi connectivity index (χ1n) is 13.8. The number of hydrogen-bond donors (Lipinski definition) is 3. The third-order valence-electron chi connectivity index (χ3n) is 6.31. The molecule has 0 saturated carbocycles. The van der Waals surface area contributed by atoms with Crippen LogP contribution in [-0.4, -0.2) is 46.9 Å². The fraction of sp³-hybridized carbons (Fsp3) is 0.484. The van der Waals surface area contributed by atoms with Crippen molar-refractivity contribution < 1.29 is 23.9 Å². The van der Waals surface area contributed by atoms with Crippen molar-refractivity contribution in [3.8, 4) is 0 Å². The summed E-state index contributed by atoms with van der Waals surface area (Å²) in [4.78, 5) is 53.9. The molecule has 2 rings (SSSR count). The highest BCUT2D eigenvalue weighted by Gasteiger charge is 2.36. The van der Waals surface area contributed by atoms with E-state index in [2.05, 4.69) is 10.6 Å². The highest BCUT2D eigenvalue weighted by molar-refractivity contribution is 5.99. The molecular formula is C31H44N4O5. The van der Waals surface area contributed by atoms with Gasteiger partial charge in [0, 0.05) is 18.7 Å². The predicted octanol–water partition coefficient (Wildman–Crippen LogP) is 5.16. The van der Waals surface area contributed by atoms with Crippen molar-refractivity contribution in [1.29, 1.82) is 0 Å². The smallest absolute Gasteiger partial charge is 0.408 e. The van der Waals surface area contributed by atoms with Crippen LogP contribution in [0.15, 0.2) is 48.5 Å². The number of hydrogen-bond acceptors (Lipinski definition) is 5. The van der Waals surface area contributed by atoms with Gasteiger partial charge in [-0.25, -0.2) is 4.79 Å². The van der Waals surface area contributed by atoms with Crippen LogP contribution in [-0.2, 0) is 19.1 Å².